The van der Waals surface area contributed by atoms with Gasteiger partial charge in [-0.05, 0) is 23.3 Å². The van der Waals surface area contributed by atoms with Crippen molar-refractivity contribution in [3.8, 4) is 11.1 Å². The topological polar surface area (TPSA) is 0 Å². The summed E-state index contributed by atoms with van der Waals surface area (Å²) in [5.41, 5.74) is 2.51. The highest BCUT2D eigenvalue weighted by Gasteiger charge is 1.94. The highest BCUT2D eigenvalue weighted by Crippen LogP contribution is 2.20. The molecule has 0 unspecified atom stereocenters. The Labute approximate surface area is 99.5 Å². The van der Waals surface area contributed by atoms with Gasteiger partial charge < -0.3 is 0 Å². The van der Waals surface area contributed by atoms with E-state index in [9.17, 15) is 0 Å². The number of hydrogen-bond donors (Lipinski definition) is 0. The molecule has 2 heteroatoms. The third-order valence-electron chi connectivity index (χ3n) is 1.95. The molecule has 0 spiro atoms. The lowest BCUT2D eigenvalue weighted by Gasteiger charge is -2.00. The summed E-state index contributed by atoms with van der Waals surface area (Å²) in [6, 6.07) is 18.7. The summed E-state index contributed by atoms with van der Waals surface area (Å²) in [5.74, 6) is 0. The molecule has 2 aromatic rings. The lowest BCUT2D eigenvalue weighted by Crippen LogP contribution is -1.75. The van der Waals surface area contributed by atoms with E-state index in [1.54, 1.807) is 0 Å². The zero-order chi connectivity index (χ0) is 9.10. The quantitative estimate of drug-likeness (QED) is 0.725. The van der Waals surface area contributed by atoms with Crippen molar-refractivity contribution >= 4 is 29.4 Å². The average Bonchev–Trinajstić information content (AvgIpc) is 2.20. The minimum absolute atomic E-state index is 0. The molecule has 0 bridgehead atoms. The SMILES string of the molecule is Brc1ccc(-c2ccccc2)cc1.S. The number of rotatable bonds is 1. The van der Waals surface area contributed by atoms with Gasteiger partial charge in [-0.15, -0.1) is 0 Å². The third kappa shape index (κ3) is 2.63. The van der Waals surface area contributed by atoms with Crippen LogP contribution < -0.4 is 0 Å². The van der Waals surface area contributed by atoms with E-state index in [-0.39, 0.29) is 13.5 Å². The van der Waals surface area contributed by atoms with Gasteiger partial charge in [0.25, 0.3) is 0 Å². The second kappa shape index (κ2) is 5.23. The molecule has 0 heterocycles. The van der Waals surface area contributed by atoms with Crippen LogP contribution in [0.2, 0.25) is 0 Å². The Morgan fingerprint density at radius 1 is 0.643 bits per heavy atom. The van der Waals surface area contributed by atoms with Crippen LogP contribution in [-0.2, 0) is 0 Å². The summed E-state index contributed by atoms with van der Waals surface area (Å²) in [6.07, 6.45) is 0. The van der Waals surface area contributed by atoms with E-state index in [1.165, 1.54) is 11.1 Å². The predicted molar refractivity (Wildman–Crippen MR) is 70.0 cm³/mol. The van der Waals surface area contributed by atoms with Crippen LogP contribution in [0, 0.1) is 0 Å². The van der Waals surface area contributed by atoms with E-state index in [1.807, 2.05) is 6.07 Å². The molecule has 0 aliphatic carbocycles. The van der Waals surface area contributed by atoms with Crippen molar-refractivity contribution in [2.75, 3.05) is 0 Å². The summed E-state index contributed by atoms with van der Waals surface area (Å²) in [7, 11) is 0. The highest BCUT2D eigenvalue weighted by atomic mass is 79.9. The smallest absolute Gasteiger partial charge is 0.0175 e. The molecule has 0 fully saturated rings. The molecule has 0 saturated carbocycles. The highest BCUT2D eigenvalue weighted by molar-refractivity contribution is 9.10. The Bertz CT molecular complexity index is 381. The van der Waals surface area contributed by atoms with Gasteiger partial charge >= 0.3 is 0 Å². The number of benzene rings is 2. The van der Waals surface area contributed by atoms with Crippen molar-refractivity contribution in [2.45, 2.75) is 0 Å². The first-order valence-electron chi connectivity index (χ1n) is 4.17. The average molecular weight is 267 g/mol. The molecular weight excluding hydrogens is 256 g/mol. The minimum atomic E-state index is 0. The lowest BCUT2D eigenvalue weighted by atomic mass is 10.1. The van der Waals surface area contributed by atoms with Gasteiger partial charge in [0.2, 0.25) is 0 Å². The normalized spacial score (nSPS) is 9.21. The molecule has 0 aliphatic rings. The Kier molecular flexibility index (Phi) is 4.23. The van der Waals surface area contributed by atoms with Gasteiger partial charge in [0.15, 0.2) is 0 Å². The van der Waals surface area contributed by atoms with E-state index < -0.39 is 0 Å². The molecule has 0 atom stereocenters. The van der Waals surface area contributed by atoms with Gasteiger partial charge in [0, 0.05) is 4.47 Å². The summed E-state index contributed by atoms with van der Waals surface area (Å²) >= 11 is 3.42. The summed E-state index contributed by atoms with van der Waals surface area (Å²) < 4.78 is 1.12. The van der Waals surface area contributed by atoms with Crippen LogP contribution >= 0.6 is 29.4 Å². The molecule has 2 rings (SSSR count). The number of hydrogen-bond acceptors (Lipinski definition) is 0. The Morgan fingerprint density at radius 2 is 1.14 bits per heavy atom. The monoisotopic (exact) mass is 266 g/mol. The van der Waals surface area contributed by atoms with Gasteiger partial charge in [-0.1, -0.05) is 58.4 Å². The lowest BCUT2D eigenvalue weighted by molar-refractivity contribution is 1.59. The Hall–Kier alpha value is -0.730. The molecule has 0 nitrogen and oxygen atoms in total. The summed E-state index contributed by atoms with van der Waals surface area (Å²) in [4.78, 5) is 0. The Morgan fingerprint density at radius 3 is 1.71 bits per heavy atom. The maximum atomic E-state index is 3.42. The summed E-state index contributed by atoms with van der Waals surface area (Å²) in [5, 5.41) is 0. The van der Waals surface area contributed by atoms with Crippen molar-refractivity contribution in [1.82, 2.24) is 0 Å². The van der Waals surface area contributed by atoms with Gasteiger partial charge in [0.1, 0.15) is 0 Å². The maximum absolute atomic E-state index is 3.42. The van der Waals surface area contributed by atoms with Crippen LogP contribution in [-0.4, -0.2) is 0 Å². The van der Waals surface area contributed by atoms with Crippen LogP contribution in [0.3, 0.4) is 0 Å². The molecule has 2 aromatic carbocycles. The van der Waals surface area contributed by atoms with E-state index in [4.69, 9.17) is 0 Å². The van der Waals surface area contributed by atoms with Crippen molar-refractivity contribution in [3.63, 3.8) is 0 Å². The molecular formula is C12H11BrS. The fourth-order valence-corrected chi connectivity index (χ4v) is 1.54. The van der Waals surface area contributed by atoms with Crippen LogP contribution in [0.1, 0.15) is 0 Å². The van der Waals surface area contributed by atoms with Crippen molar-refractivity contribution < 1.29 is 0 Å². The second-order valence-corrected chi connectivity index (χ2v) is 3.79. The van der Waals surface area contributed by atoms with Crippen LogP contribution in [0.15, 0.2) is 59.1 Å². The van der Waals surface area contributed by atoms with E-state index in [2.05, 4.69) is 64.5 Å². The molecule has 0 radical (unpaired) electrons. The first-order valence-corrected chi connectivity index (χ1v) is 4.96. The van der Waals surface area contributed by atoms with E-state index >= 15 is 0 Å². The Balaban J connectivity index is 0.000000980. The molecule has 0 amide bonds. The van der Waals surface area contributed by atoms with Crippen molar-refractivity contribution in [2.24, 2.45) is 0 Å². The van der Waals surface area contributed by atoms with Crippen LogP contribution in [0.5, 0.6) is 0 Å². The number of halogens is 1. The maximum Gasteiger partial charge on any atom is 0.0175 e. The molecule has 0 saturated heterocycles. The zero-order valence-electron chi connectivity index (χ0n) is 7.57. The minimum Gasteiger partial charge on any atom is -0.197 e. The largest absolute Gasteiger partial charge is 0.197 e. The third-order valence-corrected chi connectivity index (χ3v) is 2.48. The molecule has 0 aromatic heterocycles. The fourth-order valence-electron chi connectivity index (χ4n) is 1.27. The second-order valence-electron chi connectivity index (χ2n) is 2.87. The van der Waals surface area contributed by atoms with Crippen molar-refractivity contribution in [1.29, 1.82) is 0 Å². The fraction of sp³-hybridized carbons (Fsp3) is 0. The molecule has 72 valence electrons. The molecule has 14 heavy (non-hydrogen) atoms. The van der Waals surface area contributed by atoms with Crippen molar-refractivity contribution in [3.05, 3.63) is 59.1 Å². The van der Waals surface area contributed by atoms with Gasteiger partial charge in [-0.3, -0.25) is 0 Å². The molecule has 0 aliphatic heterocycles. The summed E-state index contributed by atoms with van der Waals surface area (Å²) in [6.45, 7) is 0. The standard InChI is InChI=1S/C12H9Br.H2S/c13-12-8-6-11(7-9-12)10-4-2-1-3-5-10;/h1-9H;1H2. The van der Waals surface area contributed by atoms with Gasteiger partial charge in [0.05, 0.1) is 0 Å². The van der Waals surface area contributed by atoms with Crippen LogP contribution in [0.25, 0.3) is 11.1 Å². The van der Waals surface area contributed by atoms with E-state index in [0.717, 1.165) is 4.47 Å². The first kappa shape index (κ1) is 11.3. The van der Waals surface area contributed by atoms with Crippen LogP contribution in [0.4, 0.5) is 0 Å². The molecule has 0 N–H and O–H groups in total. The zero-order valence-corrected chi connectivity index (χ0v) is 10.2. The van der Waals surface area contributed by atoms with Gasteiger partial charge in [-0.25, -0.2) is 0 Å². The predicted octanol–water partition coefficient (Wildman–Crippen LogP) is 4.23. The van der Waals surface area contributed by atoms with Gasteiger partial charge in [-0.2, -0.15) is 13.5 Å². The first-order chi connectivity index (χ1) is 6.36. The van der Waals surface area contributed by atoms with E-state index in [0.29, 0.717) is 0 Å².